The van der Waals surface area contributed by atoms with Gasteiger partial charge in [-0.25, -0.2) is 0 Å². The van der Waals surface area contributed by atoms with Gasteiger partial charge in [0.15, 0.2) is 0 Å². The Balaban J connectivity index is 0.00000156. The molecule has 2 aromatic heterocycles. The Bertz CT molecular complexity index is 630. The molecule has 1 saturated heterocycles. The molecule has 1 aliphatic rings. The SMILES string of the molecule is CC(Cc1ccncc1)NC(=O)C1(n2cccn2)CCNCC1.Cl.Cl. The summed E-state index contributed by atoms with van der Waals surface area (Å²) in [6.45, 7) is 3.69. The van der Waals surface area contributed by atoms with E-state index in [1.165, 1.54) is 5.56 Å². The molecule has 3 rings (SSSR count). The van der Waals surface area contributed by atoms with Crippen molar-refractivity contribution >= 4 is 30.7 Å². The highest BCUT2D eigenvalue weighted by Gasteiger charge is 2.42. The van der Waals surface area contributed by atoms with Crippen LogP contribution in [0.1, 0.15) is 25.3 Å². The lowest BCUT2D eigenvalue weighted by atomic mass is 9.87. The zero-order chi connectivity index (χ0) is 16.1. The topological polar surface area (TPSA) is 71.8 Å². The van der Waals surface area contributed by atoms with Crippen molar-refractivity contribution < 1.29 is 4.79 Å². The number of nitrogens with one attached hydrogen (secondary N) is 2. The molecular formula is C17H25Cl2N5O. The maximum Gasteiger partial charge on any atom is 0.248 e. The lowest BCUT2D eigenvalue weighted by Gasteiger charge is -2.37. The van der Waals surface area contributed by atoms with Crippen LogP contribution in [0.4, 0.5) is 0 Å². The van der Waals surface area contributed by atoms with Crippen molar-refractivity contribution in [3.8, 4) is 0 Å². The van der Waals surface area contributed by atoms with Crippen LogP contribution in [-0.4, -0.2) is 39.8 Å². The Kier molecular flexibility index (Phi) is 8.35. The van der Waals surface area contributed by atoms with Gasteiger partial charge in [-0.3, -0.25) is 14.5 Å². The van der Waals surface area contributed by atoms with Crippen LogP contribution < -0.4 is 10.6 Å². The van der Waals surface area contributed by atoms with Gasteiger partial charge in [0.05, 0.1) is 0 Å². The second kappa shape index (κ2) is 9.75. The fraction of sp³-hybridized carbons (Fsp3) is 0.471. The third-order valence-electron chi connectivity index (χ3n) is 4.47. The van der Waals surface area contributed by atoms with E-state index < -0.39 is 5.54 Å². The number of hydrogen-bond acceptors (Lipinski definition) is 4. The third kappa shape index (κ3) is 4.93. The number of rotatable bonds is 5. The summed E-state index contributed by atoms with van der Waals surface area (Å²) in [5, 5.41) is 10.8. The van der Waals surface area contributed by atoms with Crippen LogP contribution in [-0.2, 0) is 16.8 Å². The predicted molar refractivity (Wildman–Crippen MR) is 102 cm³/mol. The Morgan fingerprint density at radius 1 is 1.28 bits per heavy atom. The van der Waals surface area contributed by atoms with Gasteiger partial charge in [0.1, 0.15) is 5.54 Å². The highest BCUT2D eigenvalue weighted by atomic mass is 35.5. The van der Waals surface area contributed by atoms with E-state index in [0.29, 0.717) is 0 Å². The molecule has 1 aliphatic heterocycles. The number of pyridine rings is 1. The minimum atomic E-state index is -0.582. The molecule has 6 nitrogen and oxygen atoms in total. The lowest BCUT2D eigenvalue weighted by Crippen LogP contribution is -2.56. The summed E-state index contributed by atoms with van der Waals surface area (Å²) < 4.78 is 1.82. The first-order chi connectivity index (χ1) is 11.2. The normalized spacial score (nSPS) is 16.8. The summed E-state index contributed by atoms with van der Waals surface area (Å²) in [7, 11) is 0. The molecule has 2 aromatic rings. The van der Waals surface area contributed by atoms with Crippen molar-refractivity contribution in [2.75, 3.05) is 13.1 Å². The zero-order valence-electron chi connectivity index (χ0n) is 14.2. The standard InChI is InChI=1S/C17H23N5O.2ClH/c1-14(13-15-3-8-18-9-4-15)21-16(23)17(5-10-19-11-6-17)22-12-2-7-20-22;;/h2-4,7-9,12,14,19H,5-6,10-11,13H2,1H3,(H,21,23);2*1H. The Morgan fingerprint density at radius 3 is 2.56 bits per heavy atom. The van der Waals surface area contributed by atoms with Crippen LogP contribution in [0.25, 0.3) is 0 Å². The largest absolute Gasteiger partial charge is 0.351 e. The van der Waals surface area contributed by atoms with Gasteiger partial charge in [-0.05, 0) is 63.0 Å². The number of nitrogens with zero attached hydrogens (tertiary/aromatic N) is 3. The summed E-state index contributed by atoms with van der Waals surface area (Å²) in [6.07, 6.45) is 9.48. The van der Waals surface area contributed by atoms with E-state index in [1.807, 2.05) is 36.0 Å². The molecule has 1 unspecified atom stereocenters. The van der Waals surface area contributed by atoms with E-state index >= 15 is 0 Å². The van der Waals surface area contributed by atoms with Crippen LogP contribution in [0.2, 0.25) is 0 Å². The number of aromatic nitrogens is 3. The van der Waals surface area contributed by atoms with Crippen LogP contribution in [0.3, 0.4) is 0 Å². The third-order valence-corrected chi connectivity index (χ3v) is 4.47. The molecule has 138 valence electrons. The summed E-state index contributed by atoms with van der Waals surface area (Å²) in [4.78, 5) is 17.0. The molecule has 25 heavy (non-hydrogen) atoms. The van der Waals surface area contributed by atoms with Gasteiger partial charge in [0.25, 0.3) is 0 Å². The van der Waals surface area contributed by atoms with Crippen molar-refractivity contribution in [2.45, 2.75) is 37.8 Å². The molecule has 0 spiro atoms. The molecule has 0 saturated carbocycles. The number of amides is 1. The molecule has 0 aliphatic carbocycles. The Morgan fingerprint density at radius 2 is 1.96 bits per heavy atom. The van der Waals surface area contributed by atoms with E-state index in [9.17, 15) is 4.79 Å². The van der Waals surface area contributed by atoms with Crippen molar-refractivity contribution in [1.82, 2.24) is 25.4 Å². The van der Waals surface area contributed by atoms with Gasteiger partial charge < -0.3 is 10.6 Å². The quantitative estimate of drug-likeness (QED) is 0.824. The van der Waals surface area contributed by atoms with E-state index in [2.05, 4.69) is 20.7 Å². The van der Waals surface area contributed by atoms with Gasteiger partial charge in [-0.1, -0.05) is 0 Å². The van der Waals surface area contributed by atoms with Crippen molar-refractivity contribution in [1.29, 1.82) is 0 Å². The zero-order valence-corrected chi connectivity index (χ0v) is 15.9. The van der Waals surface area contributed by atoms with E-state index in [1.54, 1.807) is 18.6 Å². The van der Waals surface area contributed by atoms with Crippen LogP contribution in [0.5, 0.6) is 0 Å². The predicted octanol–water partition coefficient (Wildman–Crippen LogP) is 1.95. The highest BCUT2D eigenvalue weighted by Crippen LogP contribution is 2.27. The number of hydrogen-bond donors (Lipinski definition) is 2. The smallest absolute Gasteiger partial charge is 0.248 e. The average Bonchev–Trinajstić information content (AvgIpc) is 3.11. The molecule has 8 heteroatoms. The van der Waals surface area contributed by atoms with Crippen molar-refractivity contribution in [2.24, 2.45) is 0 Å². The van der Waals surface area contributed by atoms with E-state index in [4.69, 9.17) is 0 Å². The van der Waals surface area contributed by atoms with E-state index in [0.717, 1.165) is 32.4 Å². The van der Waals surface area contributed by atoms with Crippen LogP contribution in [0, 0.1) is 0 Å². The molecule has 0 bridgehead atoms. The molecule has 1 atom stereocenters. The number of carbonyl (C=O) groups is 1. The Hall–Kier alpha value is -1.63. The van der Waals surface area contributed by atoms with Gasteiger partial charge in [0.2, 0.25) is 5.91 Å². The summed E-state index contributed by atoms with van der Waals surface area (Å²) in [5.74, 6) is 0.0595. The average molecular weight is 386 g/mol. The second-order valence-electron chi connectivity index (χ2n) is 6.17. The fourth-order valence-corrected chi connectivity index (χ4v) is 3.20. The maximum absolute atomic E-state index is 13.0. The lowest BCUT2D eigenvalue weighted by molar-refractivity contribution is -0.132. The minimum Gasteiger partial charge on any atom is -0.351 e. The highest BCUT2D eigenvalue weighted by molar-refractivity contribution is 5.86. The molecule has 0 aromatic carbocycles. The monoisotopic (exact) mass is 385 g/mol. The first-order valence-electron chi connectivity index (χ1n) is 8.11. The van der Waals surface area contributed by atoms with Crippen molar-refractivity contribution in [3.63, 3.8) is 0 Å². The van der Waals surface area contributed by atoms with Gasteiger partial charge in [-0.15, -0.1) is 24.8 Å². The molecule has 1 amide bonds. The first kappa shape index (κ1) is 21.4. The van der Waals surface area contributed by atoms with Gasteiger partial charge >= 0.3 is 0 Å². The van der Waals surface area contributed by atoms with Crippen LogP contribution >= 0.6 is 24.8 Å². The van der Waals surface area contributed by atoms with Gasteiger partial charge in [-0.2, -0.15) is 5.10 Å². The molecule has 3 heterocycles. The summed E-state index contributed by atoms with van der Waals surface area (Å²) >= 11 is 0. The summed E-state index contributed by atoms with van der Waals surface area (Å²) in [6, 6.07) is 5.90. The number of halogens is 2. The van der Waals surface area contributed by atoms with Crippen molar-refractivity contribution in [3.05, 3.63) is 48.5 Å². The second-order valence-corrected chi connectivity index (χ2v) is 6.17. The van der Waals surface area contributed by atoms with Crippen LogP contribution in [0.15, 0.2) is 43.0 Å². The molecule has 0 radical (unpaired) electrons. The fourth-order valence-electron chi connectivity index (χ4n) is 3.20. The maximum atomic E-state index is 13.0. The van der Waals surface area contributed by atoms with Gasteiger partial charge in [0, 0.05) is 30.8 Å². The molecule has 1 fully saturated rings. The Labute approximate surface area is 160 Å². The first-order valence-corrected chi connectivity index (χ1v) is 8.11. The molecule has 2 N–H and O–H groups in total. The molecular weight excluding hydrogens is 361 g/mol. The van der Waals surface area contributed by atoms with E-state index in [-0.39, 0.29) is 36.8 Å². The number of piperidine rings is 1. The minimum absolute atomic E-state index is 0. The summed E-state index contributed by atoms with van der Waals surface area (Å²) in [5.41, 5.74) is 0.590. The number of carbonyl (C=O) groups excluding carboxylic acids is 1.